The molecule has 126 valence electrons. The summed E-state index contributed by atoms with van der Waals surface area (Å²) in [6.07, 6.45) is 6.38. The first kappa shape index (κ1) is 16.5. The molecule has 1 fully saturated rings. The number of hydrogen-bond acceptors (Lipinski definition) is 5. The van der Waals surface area contributed by atoms with Crippen molar-refractivity contribution in [3.63, 3.8) is 0 Å². The minimum atomic E-state index is -0.580. The van der Waals surface area contributed by atoms with Gasteiger partial charge in [-0.05, 0) is 43.7 Å². The predicted octanol–water partition coefficient (Wildman–Crippen LogP) is 1.99. The van der Waals surface area contributed by atoms with Gasteiger partial charge in [0.2, 0.25) is 0 Å². The van der Waals surface area contributed by atoms with Gasteiger partial charge in [-0.15, -0.1) is 11.8 Å². The number of nitrogens with two attached hydrogens (primary N) is 1. The van der Waals surface area contributed by atoms with E-state index in [0.717, 1.165) is 25.0 Å². The highest BCUT2D eigenvalue weighted by atomic mass is 32.2. The van der Waals surface area contributed by atoms with Gasteiger partial charge in [-0.2, -0.15) is 5.10 Å². The Kier molecular flexibility index (Phi) is 4.84. The Morgan fingerprint density at radius 3 is 2.96 bits per heavy atom. The van der Waals surface area contributed by atoms with Gasteiger partial charge in [-0.25, -0.2) is 4.98 Å². The van der Waals surface area contributed by atoms with Gasteiger partial charge in [0.1, 0.15) is 10.7 Å². The number of piperidine rings is 1. The van der Waals surface area contributed by atoms with Gasteiger partial charge in [0.05, 0.1) is 17.3 Å². The van der Waals surface area contributed by atoms with Crippen molar-refractivity contribution in [2.75, 3.05) is 12.8 Å². The minimum Gasteiger partial charge on any atom is -0.364 e. The van der Waals surface area contributed by atoms with E-state index in [1.165, 1.54) is 11.8 Å². The van der Waals surface area contributed by atoms with Gasteiger partial charge in [0.15, 0.2) is 0 Å². The largest absolute Gasteiger partial charge is 0.364 e. The van der Waals surface area contributed by atoms with Crippen LogP contribution in [0.4, 0.5) is 0 Å². The van der Waals surface area contributed by atoms with E-state index in [0.29, 0.717) is 17.1 Å². The van der Waals surface area contributed by atoms with Crippen molar-refractivity contribution in [3.05, 3.63) is 41.3 Å². The number of aromatic amines is 1. The summed E-state index contributed by atoms with van der Waals surface area (Å²) in [4.78, 5) is 30.4. The maximum absolute atomic E-state index is 13.1. The van der Waals surface area contributed by atoms with Gasteiger partial charge < -0.3 is 10.6 Å². The predicted molar refractivity (Wildman–Crippen MR) is 90.8 cm³/mol. The number of primary amides is 1. The quantitative estimate of drug-likeness (QED) is 0.825. The summed E-state index contributed by atoms with van der Waals surface area (Å²) in [6, 6.07) is 5.07. The van der Waals surface area contributed by atoms with E-state index in [9.17, 15) is 9.59 Å². The summed E-state index contributed by atoms with van der Waals surface area (Å²) in [5.41, 5.74) is 6.80. The van der Waals surface area contributed by atoms with Crippen LogP contribution in [0.2, 0.25) is 0 Å². The molecule has 2 amide bonds. The average molecular weight is 345 g/mol. The van der Waals surface area contributed by atoms with E-state index in [1.807, 2.05) is 11.2 Å². The molecule has 0 bridgehead atoms. The first-order valence-electron chi connectivity index (χ1n) is 7.77. The summed E-state index contributed by atoms with van der Waals surface area (Å²) in [7, 11) is 0. The van der Waals surface area contributed by atoms with Crippen LogP contribution in [0.3, 0.4) is 0 Å². The smallest absolute Gasteiger partial charge is 0.269 e. The fraction of sp³-hybridized carbons (Fsp3) is 0.375. The lowest BCUT2D eigenvalue weighted by atomic mass is 9.98. The average Bonchev–Trinajstić information content (AvgIpc) is 3.11. The Morgan fingerprint density at radius 1 is 1.42 bits per heavy atom. The number of amides is 2. The Bertz CT molecular complexity index is 760. The molecule has 0 radical (unpaired) electrons. The van der Waals surface area contributed by atoms with Crippen LogP contribution >= 0.6 is 11.8 Å². The van der Waals surface area contributed by atoms with E-state index in [-0.39, 0.29) is 17.6 Å². The number of aromatic nitrogens is 3. The highest BCUT2D eigenvalue weighted by molar-refractivity contribution is 7.98. The molecule has 24 heavy (non-hydrogen) atoms. The zero-order valence-corrected chi connectivity index (χ0v) is 14.2. The number of rotatable bonds is 4. The van der Waals surface area contributed by atoms with Crippen molar-refractivity contribution in [1.82, 2.24) is 20.1 Å². The molecular weight excluding hydrogens is 326 g/mol. The van der Waals surface area contributed by atoms with Crippen molar-refractivity contribution in [2.45, 2.75) is 30.3 Å². The maximum Gasteiger partial charge on any atom is 0.269 e. The maximum atomic E-state index is 13.1. The third kappa shape index (κ3) is 3.14. The zero-order valence-electron chi connectivity index (χ0n) is 13.4. The number of pyridine rings is 1. The number of hydrogen-bond donors (Lipinski definition) is 2. The van der Waals surface area contributed by atoms with Crippen molar-refractivity contribution < 1.29 is 9.59 Å². The Balaban J connectivity index is 1.91. The van der Waals surface area contributed by atoms with Gasteiger partial charge in [-0.1, -0.05) is 0 Å². The number of thioether (sulfide) groups is 1. The first-order valence-corrected chi connectivity index (χ1v) is 8.99. The molecule has 0 aromatic carbocycles. The van der Waals surface area contributed by atoms with Crippen LogP contribution in [0.5, 0.6) is 0 Å². The number of likely N-dealkylation sites (tertiary alicyclic amines) is 1. The third-order valence-corrected chi connectivity index (χ3v) is 4.88. The van der Waals surface area contributed by atoms with Gasteiger partial charge in [-0.3, -0.25) is 14.7 Å². The van der Waals surface area contributed by atoms with Crippen LogP contribution in [-0.4, -0.2) is 44.7 Å². The molecule has 1 unspecified atom stereocenters. The second-order valence-electron chi connectivity index (χ2n) is 5.64. The van der Waals surface area contributed by atoms with Crippen LogP contribution in [0.15, 0.2) is 29.4 Å². The van der Waals surface area contributed by atoms with Gasteiger partial charge in [0.25, 0.3) is 11.8 Å². The van der Waals surface area contributed by atoms with Crippen LogP contribution in [-0.2, 0) is 0 Å². The molecule has 8 heteroatoms. The number of nitrogens with one attached hydrogen (secondary N) is 1. The molecule has 0 spiro atoms. The van der Waals surface area contributed by atoms with Crippen molar-refractivity contribution >= 4 is 23.6 Å². The van der Waals surface area contributed by atoms with Crippen LogP contribution in [0, 0.1) is 0 Å². The molecule has 3 N–H and O–H groups in total. The number of carbonyl (C=O) groups is 2. The van der Waals surface area contributed by atoms with Crippen molar-refractivity contribution in [1.29, 1.82) is 0 Å². The van der Waals surface area contributed by atoms with Crippen LogP contribution in [0.1, 0.15) is 51.8 Å². The highest BCUT2D eigenvalue weighted by Gasteiger charge is 2.31. The second-order valence-corrected chi connectivity index (χ2v) is 6.44. The SMILES string of the molecule is CSc1ncccc1C(=O)N1CCCCC1c1cc(C(N)=O)n[nH]1. The molecular formula is C16H19N5O2S. The standard InChI is InChI=1S/C16H19N5O2S/c1-24-15-10(5-4-7-18-15)16(23)21-8-3-2-6-13(21)11-9-12(14(17)22)20-19-11/h4-5,7,9,13H,2-3,6,8H2,1H3,(H2,17,22)(H,19,20). The van der Waals surface area contributed by atoms with E-state index in [2.05, 4.69) is 15.2 Å². The fourth-order valence-corrected chi connectivity index (χ4v) is 3.54. The van der Waals surface area contributed by atoms with Crippen molar-refractivity contribution in [3.8, 4) is 0 Å². The normalized spacial score (nSPS) is 17.7. The van der Waals surface area contributed by atoms with Crippen molar-refractivity contribution in [2.24, 2.45) is 5.73 Å². The fourth-order valence-electron chi connectivity index (χ4n) is 3.00. The molecule has 0 aliphatic carbocycles. The molecule has 1 aliphatic rings. The third-order valence-electron chi connectivity index (χ3n) is 4.17. The summed E-state index contributed by atoms with van der Waals surface area (Å²) in [6.45, 7) is 0.664. The summed E-state index contributed by atoms with van der Waals surface area (Å²) in [5, 5.41) is 7.51. The summed E-state index contributed by atoms with van der Waals surface area (Å²) >= 11 is 1.45. The van der Waals surface area contributed by atoms with Crippen LogP contribution < -0.4 is 5.73 Å². The highest BCUT2D eigenvalue weighted by Crippen LogP contribution is 2.32. The molecule has 1 saturated heterocycles. The number of H-pyrrole nitrogens is 1. The molecule has 3 heterocycles. The number of nitrogens with zero attached hydrogens (tertiary/aromatic N) is 3. The molecule has 2 aromatic heterocycles. The molecule has 2 aromatic rings. The summed E-state index contributed by atoms with van der Waals surface area (Å²) in [5.74, 6) is -0.629. The number of carbonyl (C=O) groups excluding carboxylic acids is 2. The van der Waals surface area contributed by atoms with E-state index >= 15 is 0 Å². The Morgan fingerprint density at radius 2 is 2.25 bits per heavy atom. The van der Waals surface area contributed by atoms with E-state index in [1.54, 1.807) is 24.4 Å². The lowest BCUT2D eigenvalue weighted by molar-refractivity contribution is 0.0601. The topological polar surface area (TPSA) is 105 Å². The molecule has 7 nitrogen and oxygen atoms in total. The van der Waals surface area contributed by atoms with E-state index < -0.39 is 5.91 Å². The molecule has 3 rings (SSSR count). The molecule has 1 aliphatic heterocycles. The lowest BCUT2D eigenvalue weighted by Gasteiger charge is -2.35. The lowest BCUT2D eigenvalue weighted by Crippen LogP contribution is -2.39. The minimum absolute atomic E-state index is 0.0487. The van der Waals surface area contributed by atoms with Gasteiger partial charge >= 0.3 is 0 Å². The van der Waals surface area contributed by atoms with E-state index in [4.69, 9.17) is 5.73 Å². The molecule has 1 atom stereocenters. The summed E-state index contributed by atoms with van der Waals surface area (Å²) < 4.78 is 0. The second kappa shape index (κ2) is 7.04. The first-order chi connectivity index (χ1) is 11.6. The van der Waals surface area contributed by atoms with Crippen LogP contribution in [0.25, 0.3) is 0 Å². The van der Waals surface area contributed by atoms with Gasteiger partial charge in [0, 0.05) is 12.7 Å². The Hall–Kier alpha value is -2.35. The monoisotopic (exact) mass is 345 g/mol. The molecule has 0 saturated carbocycles. The zero-order chi connectivity index (χ0) is 17.1. The Labute approximate surface area is 144 Å².